The van der Waals surface area contributed by atoms with E-state index in [2.05, 4.69) is 21.2 Å². The second kappa shape index (κ2) is 10.2. The zero-order chi connectivity index (χ0) is 21.5. The predicted octanol–water partition coefficient (Wildman–Crippen LogP) is 2.80. The molecule has 0 fully saturated rings. The Bertz CT molecular complexity index is 1020. The average molecular weight is 474 g/mol. The van der Waals surface area contributed by atoms with Crippen molar-refractivity contribution >= 4 is 21.9 Å². The molecule has 0 aliphatic heterocycles. The Balaban J connectivity index is 1.63. The molecule has 0 aliphatic rings. The highest BCUT2D eigenvalue weighted by Gasteiger charge is 2.14. The fourth-order valence-electron chi connectivity index (χ4n) is 2.98. The SMILES string of the molecule is COc1cc(C[NH2+]Cc2ccc(C(=O)[O-])cc2)cc(Br)c1OCc1ccccc1F. The lowest BCUT2D eigenvalue weighted by molar-refractivity contribution is -0.686. The van der Waals surface area contributed by atoms with Crippen LogP contribution in [0.15, 0.2) is 65.1 Å². The summed E-state index contributed by atoms with van der Waals surface area (Å²) in [6, 6.07) is 16.9. The van der Waals surface area contributed by atoms with Gasteiger partial charge in [0.1, 0.15) is 25.5 Å². The molecule has 0 aliphatic carbocycles. The summed E-state index contributed by atoms with van der Waals surface area (Å²) >= 11 is 3.52. The highest BCUT2D eigenvalue weighted by molar-refractivity contribution is 9.10. The predicted molar refractivity (Wildman–Crippen MR) is 112 cm³/mol. The van der Waals surface area contributed by atoms with E-state index in [9.17, 15) is 14.3 Å². The highest BCUT2D eigenvalue weighted by Crippen LogP contribution is 2.37. The van der Waals surface area contributed by atoms with Crippen molar-refractivity contribution in [2.45, 2.75) is 19.7 Å². The summed E-state index contributed by atoms with van der Waals surface area (Å²) in [5.74, 6) is -0.420. The van der Waals surface area contributed by atoms with Crippen molar-refractivity contribution in [3.8, 4) is 11.5 Å². The van der Waals surface area contributed by atoms with E-state index < -0.39 is 5.97 Å². The van der Waals surface area contributed by atoms with E-state index in [1.54, 1.807) is 49.6 Å². The van der Waals surface area contributed by atoms with Gasteiger partial charge in [-0.05, 0) is 39.7 Å². The Hall–Kier alpha value is -2.90. The van der Waals surface area contributed by atoms with Gasteiger partial charge in [0.15, 0.2) is 11.5 Å². The molecule has 0 aromatic heterocycles. The first-order valence-electron chi connectivity index (χ1n) is 9.32. The number of ether oxygens (including phenoxy) is 2. The Kier molecular flexibility index (Phi) is 7.43. The van der Waals surface area contributed by atoms with E-state index in [1.165, 1.54) is 6.07 Å². The summed E-state index contributed by atoms with van der Waals surface area (Å²) < 4.78 is 25.8. The van der Waals surface area contributed by atoms with Crippen LogP contribution in [0.5, 0.6) is 11.5 Å². The minimum Gasteiger partial charge on any atom is -0.545 e. The molecule has 0 unspecified atom stereocenters. The number of hydrogen-bond donors (Lipinski definition) is 1. The van der Waals surface area contributed by atoms with Crippen LogP contribution >= 0.6 is 15.9 Å². The molecule has 0 saturated carbocycles. The minimum atomic E-state index is -1.18. The van der Waals surface area contributed by atoms with Gasteiger partial charge < -0.3 is 24.7 Å². The second-order valence-electron chi connectivity index (χ2n) is 6.67. The summed E-state index contributed by atoms with van der Waals surface area (Å²) in [6.45, 7) is 1.47. The van der Waals surface area contributed by atoms with E-state index in [4.69, 9.17) is 9.47 Å². The molecule has 3 rings (SSSR count). The molecule has 2 N–H and O–H groups in total. The van der Waals surface area contributed by atoms with Gasteiger partial charge >= 0.3 is 0 Å². The number of aromatic carboxylic acids is 1. The van der Waals surface area contributed by atoms with Crippen molar-refractivity contribution in [3.05, 3.63) is 93.2 Å². The maximum absolute atomic E-state index is 13.8. The minimum absolute atomic E-state index is 0.0922. The van der Waals surface area contributed by atoms with Crippen molar-refractivity contribution in [2.75, 3.05) is 7.11 Å². The summed E-state index contributed by atoms with van der Waals surface area (Å²) in [7, 11) is 1.56. The van der Waals surface area contributed by atoms with Crippen molar-refractivity contribution in [1.29, 1.82) is 0 Å². The van der Waals surface area contributed by atoms with Crippen LogP contribution < -0.4 is 19.9 Å². The highest BCUT2D eigenvalue weighted by atomic mass is 79.9. The van der Waals surface area contributed by atoms with Gasteiger partial charge in [0.05, 0.1) is 17.6 Å². The Morgan fingerprint density at radius 1 is 1.07 bits per heavy atom. The van der Waals surface area contributed by atoms with Gasteiger partial charge in [-0.1, -0.05) is 42.5 Å². The lowest BCUT2D eigenvalue weighted by Crippen LogP contribution is -2.80. The third-order valence-electron chi connectivity index (χ3n) is 4.57. The third kappa shape index (κ3) is 5.58. The molecule has 5 nitrogen and oxygen atoms in total. The van der Waals surface area contributed by atoms with Gasteiger partial charge in [-0.3, -0.25) is 0 Å². The molecular formula is C23H21BrFNO4. The molecular weight excluding hydrogens is 453 g/mol. The van der Waals surface area contributed by atoms with Crippen molar-refractivity contribution in [2.24, 2.45) is 0 Å². The number of nitrogens with two attached hydrogens (primary N) is 1. The molecule has 30 heavy (non-hydrogen) atoms. The maximum atomic E-state index is 13.8. The van der Waals surface area contributed by atoms with E-state index in [-0.39, 0.29) is 18.0 Å². The number of rotatable bonds is 9. The molecule has 0 atom stereocenters. The van der Waals surface area contributed by atoms with Gasteiger partial charge in [-0.25, -0.2) is 4.39 Å². The first-order valence-corrected chi connectivity index (χ1v) is 10.1. The van der Waals surface area contributed by atoms with Crippen LogP contribution in [-0.2, 0) is 19.7 Å². The molecule has 0 radical (unpaired) electrons. The van der Waals surface area contributed by atoms with Crippen LogP contribution in [0.3, 0.4) is 0 Å². The molecule has 156 valence electrons. The molecule has 0 spiro atoms. The summed E-state index contributed by atoms with van der Waals surface area (Å²) in [6.07, 6.45) is 0. The molecule has 3 aromatic rings. The number of quaternary nitrogens is 1. The normalized spacial score (nSPS) is 10.6. The van der Waals surface area contributed by atoms with Crippen LogP contribution in [0.4, 0.5) is 4.39 Å². The van der Waals surface area contributed by atoms with Crippen LogP contribution in [0.25, 0.3) is 0 Å². The van der Waals surface area contributed by atoms with Gasteiger partial charge in [0, 0.05) is 16.7 Å². The average Bonchev–Trinajstić information content (AvgIpc) is 2.74. The van der Waals surface area contributed by atoms with Crippen LogP contribution in [0.1, 0.15) is 27.0 Å². The van der Waals surface area contributed by atoms with Crippen molar-refractivity contribution in [3.63, 3.8) is 0 Å². The number of halogens is 2. The van der Waals surface area contributed by atoms with Crippen LogP contribution in [0, 0.1) is 5.82 Å². The number of carbonyl (C=O) groups excluding carboxylic acids is 1. The van der Waals surface area contributed by atoms with Gasteiger partial charge in [-0.15, -0.1) is 0 Å². The number of carboxylic acid groups (broad SMARTS) is 1. The molecule has 3 aromatic carbocycles. The zero-order valence-corrected chi connectivity index (χ0v) is 17.9. The largest absolute Gasteiger partial charge is 0.545 e. The summed E-state index contributed by atoms with van der Waals surface area (Å²) in [5, 5.41) is 12.9. The molecule has 0 amide bonds. The smallest absolute Gasteiger partial charge is 0.175 e. The monoisotopic (exact) mass is 473 g/mol. The van der Waals surface area contributed by atoms with Gasteiger partial charge in [-0.2, -0.15) is 0 Å². The van der Waals surface area contributed by atoms with Gasteiger partial charge in [0.2, 0.25) is 0 Å². The number of carbonyl (C=O) groups is 1. The standard InChI is InChI=1S/C23H21BrFNO4/c1-29-21-11-16(13-26-12-15-6-8-17(9-7-15)23(27)28)10-19(24)22(21)30-14-18-4-2-3-5-20(18)25/h2-11,26H,12-14H2,1H3,(H,27,28). The molecule has 0 saturated heterocycles. The van der Waals surface area contributed by atoms with Gasteiger partial charge in [0.25, 0.3) is 0 Å². The number of carboxylic acids is 1. The van der Waals surface area contributed by atoms with Crippen molar-refractivity contribution < 1.29 is 29.1 Å². The summed E-state index contributed by atoms with van der Waals surface area (Å²) in [4.78, 5) is 10.8. The third-order valence-corrected chi connectivity index (χ3v) is 5.16. The number of methoxy groups -OCH3 is 1. The van der Waals surface area contributed by atoms with Crippen LogP contribution in [0.2, 0.25) is 0 Å². The lowest BCUT2D eigenvalue weighted by atomic mass is 10.1. The van der Waals surface area contributed by atoms with Crippen LogP contribution in [-0.4, -0.2) is 13.1 Å². The molecule has 0 bridgehead atoms. The van der Waals surface area contributed by atoms with E-state index in [0.717, 1.165) is 15.6 Å². The first-order chi connectivity index (χ1) is 14.5. The number of hydrogen-bond acceptors (Lipinski definition) is 4. The first kappa shape index (κ1) is 21.8. The lowest BCUT2D eigenvalue weighted by Gasteiger charge is -2.14. The zero-order valence-electron chi connectivity index (χ0n) is 16.4. The Labute approximate surface area is 182 Å². The Morgan fingerprint density at radius 2 is 1.77 bits per heavy atom. The topological polar surface area (TPSA) is 75.2 Å². The van der Waals surface area contributed by atoms with E-state index >= 15 is 0 Å². The summed E-state index contributed by atoms with van der Waals surface area (Å²) in [5.41, 5.74) is 2.66. The molecule has 0 heterocycles. The number of benzene rings is 3. The quantitative estimate of drug-likeness (QED) is 0.518. The van der Waals surface area contributed by atoms with E-state index in [1.807, 2.05) is 12.1 Å². The maximum Gasteiger partial charge on any atom is 0.175 e. The molecule has 7 heteroatoms. The fourth-order valence-corrected chi connectivity index (χ4v) is 3.58. The van der Waals surface area contributed by atoms with E-state index in [0.29, 0.717) is 30.2 Å². The fraction of sp³-hybridized carbons (Fsp3) is 0.174. The second-order valence-corrected chi connectivity index (χ2v) is 7.52. The Morgan fingerprint density at radius 3 is 2.43 bits per heavy atom. The van der Waals surface area contributed by atoms with Crippen molar-refractivity contribution in [1.82, 2.24) is 0 Å².